The molecule has 4 fully saturated rings. The molecular weight excluding hydrogens is 300 g/mol. The molecule has 3 saturated carbocycles. The first kappa shape index (κ1) is 16.9. The van der Waals surface area contributed by atoms with Gasteiger partial charge in [0.25, 0.3) is 0 Å². The Morgan fingerprint density at radius 1 is 1.08 bits per heavy atom. The highest BCUT2D eigenvalue weighted by Gasteiger charge is 2.64. The normalized spacial score (nSPS) is 49.2. The molecule has 24 heavy (non-hydrogen) atoms. The number of esters is 1. The Bertz CT molecular complexity index is 503. The van der Waals surface area contributed by atoms with Crippen LogP contribution in [0.25, 0.3) is 0 Å². The van der Waals surface area contributed by atoms with Crippen molar-refractivity contribution in [3.8, 4) is 0 Å². The molecule has 1 aliphatic heterocycles. The van der Waals surface area contributed by atoms with E-state index in [9.17, 15) is 9.90 Å². The van der Waals surface area contributed by atoms with Crippen LogP contribution >= 0.6 is 0 Å². The fourth-order valence-corrected chi connectivity index (χ4v) is 7.69. The lowest BCUT2D eigenvalue weighted by Gasteiger charge is -2.45. The number of hydrogen-bond donors (Lipinski definition) is 1. The molecule has 0 amide bonds. The molecule has 3 aliphatic carbocycles. The highest BCUT2D eigenvalue weighted by Crippen LogP contribution is 2.68. The molecule has 0 aromatic heterocycles. The maximum atomic E-state index is 12.2. The summed E-state index contributed by atoms with van der Waals surface area (Å²) in [6.07, 6.45) is 7.84. The number of hydrogen-bond acceptors (Lipinski definition) is 3. The van der Waals surface area contributed by atoms with Crippen LogP contribution in [-0.2, 0) is 9.53 Å². The van der Waals surface area contributed by atoms with E-state index in [0.29, 0.717) is 31.3 Å². The minimum atomic E-state index is -0.833. The van der Waals surface area contributed by atoms with Gasteiger partial charge >= 0.3 is 5.97 Å². The molecule has 9 atom stereocenters. The minimum absolute atomic E-state index is 0.149. The summed E-state index contributed by atoms with van der Waals surface area (Å²) in [5.74, 6) is 4.77. The van der Waals surface area contributed by atoms with Crippen molar-refractivity contribution >= 4 is 5.97 Å². The van der Waals surface area contributed by atoms with Crippen LogP contribution in [0.4, 0.5) is 0 Å². The van der Waals surface area contributed by atoms with Gasteiger partial charge in [-0.15, -0.1) is 0 Å². The van der Waals surface area contributed by atoms with Gasteiger partial charge in [-0.3, -0.25) is 4.79 Å². The average molecular weight is 335 g/mol. The highest BCUT2D eigenvalue weighted by molar-refractivity contribution is 5.75. The molecule has 0 aromatic rings. The molecule has 4 aliphatic rings. The molecule has 0 spiro atoms. The smallest absolute Gasteiger partial charge is 0.312 e. The number of cyclic esters (lactones) is 1. The van der Waals surface area contributed by atoms with E-state index >= 15 is 0 Å². The van der Waals surface area contributed by atoms with Crippen LogP contribution in [0.2, 0.25) is 0 Å². The van der Waals surface area contributed by atoms with Gasteiger partial charge in [-0.05, 0) is 73.5 Å². The standard InChI is InChI=1S/C21H34O3/c1-4-12-9-13(5-2)19-15-10-14(18(12)19)11-17(15)21(23,6-3)16-7-8-24-20(16)22/h12-19,23H,4-11H2,1-3H3. The fraction of sp³-hybridized carbons (Fsp3) is 0.952. The molecule has 1 saturated heterocycles. The molecule has 0 radical (unpaired) electrons. The minimum Gasteiger partial charge on any atom is -0.465 e. The predicted octanol–water partition coefficient (Wildman–Crippen LogP) is 4.04. The molecule has 0 aromatic carbocycles. The third-order valence-corrected chi connectivity index (χ3v) is 8.62. The number of ether oxygens (including phenoxy) is 1. The average Bonchev–Trinajstić information content (AvgIpc) is 3.34. The van der Waals surface area contributed by atoms with E-state index in [0.717, 1.165) is 36.0 Å². The molecule has 3 nitrogen and oxygen atoms in total. The first-order chi connectivity index (χ1) is 11.5. The molecule has 2 bridgehead atoms. The molecule has 1 heterocycles. The van der Waals surface area contributed by atoms with E-state index in [4.69, 9.17) is 4.74 Å². The van der Waals surface area contributed by atoms with E-state index in [1.165, 1.54) is 25.7 Å². The van der Waals surface area contributed by atoms with Crippen molar-refractivity contribution in [3.05, 3.63) is 0 Å². The summed E-state index contributed by atoms with van der Waals surface area (Å²) in [4.78, 5) is 12.2. The first-order valence-corrected chi connectivity index (χ1v) is 10.4. The van der Waals surface area contributed by atoms with Gasteiger partial charge in [-0.1, -0.05) is 33.6 Å². The Morgan fingerprint density at radius 2 is 1.79 bits per heavy atom. The van der Waals surface area contributed by atoms with E-state index < -0.39 is 5.60 Å². The highest BCUT2D eigenvalue weighted by atomic mass is 16.5. The largest absolute Gasteiger partial charge is 0.465 e. The van der Waals surface area contributed by atoms with Crippen molar-refractivity contribution in [2.75, 3.05) is 6.61 Å². The summed E-state index contributed by atoms with van der Waals surface area (Å²) in [6.45, 7) is 7.27. The fourth-order valence-electron chi connectivity index (χ4n) is 7.69. The van der Waals surface area contributed by atoms with Gasteiger partial charge in [0.1, 0.15) is 0 Å². The summed E-state index contributed by atoms with van der Waals surface area (Å²) >= 11 is 0. The Hall–Kier alpha value is -0.570. The Kier molecular flexibility index (Phi) is 4.22. The lowest BCUT2D eigenvalue weighted by Crippen LogP contribution is -2.51. The summed E-state index contributed by atoms with van der Waals surface area (Å²) < 4.78 is 5.22. The predicted molar refractivity (Wildman–Crippen MR) is 93.2 cm³/mol. The Labute approximate surface area is 146 Å². The van der Waals surface area contributed by atoms with Gasteiger partial charge in [0.15, 0.2) is 0 Å². The Morgan fingerprint density at radius 3 is 2.38 bits per heavy atom. The third kappa shape index (κ3) is 2.15. The second-order valence-corrected chi connectivity index (χ2v) is 9.08. The maximum Gasteiger partial charge on any atom is 0.312 e. The van der Waals surface area contributed by atoms with Gasteiger partial charge in [0, 0.05) is 0 Å². The molecule has 136 valence electrons. The van der Waals surface area contributed by atoms with E-state index in [2.05, 4.69) is 20.8 Å². The zero-order valence-corrected chi connectivity index (χ0v) is 15.5. The van der Waals surface area contributed by atoms with E-state index in [1.807, 2.05) is 0 Å². The quantitative estimate of drug-likeness (QED) is 0.772. The van der Waals surface area contributed by atoms with Crippen LogP contribution in [0.5, 0.6) is 0 Å². The van der Waals surface area contributed by atoms with Crippen LogP contribution in [0.1, 0.15) is 65.7 Å². The second-order valence-electron chi connectivity index (χ2n) is 9.08. The number of aliphatic hydroxyl groups is 1. The van der Waals surface area contributed by atoms with Gasteiger partial charge < -0.3 is 9.84 Å². The van der Waals surface area contributed by atoms with E-state index in [-0.39, 0.29) is 11.9 Å². The SMILES string of the molecule is CCC1CC(CC)C2C3CC(CC3C(O)(CC)C3CCOC3=O)C12. The van der Waals surface area contributed by atoms with Crippen LogP contribution in [0.15, 0.2) is 0 Å². The maximum absolute atomic E-state index is 12.2. The number of rotatable bonds is 5. The topological polar surface area (TPSA) is 46.5 Å². The molecule has 1 N–H and O–H groups in total. The van der Waals surface area contributed by atoms with Crippen LogP contribution in [0.3, 0.4) is 0 Å². The van der Waals surface area contributed by atoms with Gasteiger partial charge in [0.05, 0.1) is 18.1 Å². The molecule has 4 rings (SSSR count). The number of carbonyl (C=O) groups is 1. The van der Waals surface area contributed by atoms with Gasteiger partial charge in [-0.2, -0.15) is 0 Å². The summed E-state index contributed by atoms with van der Waals surface area (Å²) in [6, 6.07) is 0. The van der Waals surface area contributed by atoms with Crippen molar-refractivity contribution in [3.63, 3.8) is 0 Å². The van der Waals surface area contributed by atoms with Gasteiger partial charge in [0.2, 0.25) is 0 Å². The van der Waals surface area contributed by atoms with Crippen molar-refractivity contribution in [1.82, 2.24) is 0 Å². The van der Waals surface area contributed by atoms with Gasteiger partial charge in [-0.25, -0.2) is 0 Å². The zero-order valence-electron chi connectivity index (χ0n) is 15.5. The summed E-state index contributed by atoms with van der Waals surface area (Å²) in [7, 11) is 0. The first-order valence-electron chi connectivity index (χ1n) is 10.4. The Balaban J connectivity index is 1.62. The van der Waals surface area contributed by atoms with Crippen molar-refractivity contribution in [2.45, 2.75) is 71.3 Å². The molecular formula is C21H34O3. The lowest BCUT2D eigenvalue weighted by molar-refractivity contribution is -0.157. The lowest BCUT2D eigenvalue weighted by atomic mass is 9.62. The molecule has 9 unspecified atom stereocenters. The number of carbonyl (C=O) groups excluding carboxylic acids is 1. The summed E-state index contributed by atoms with van der Waals surface area (Å²) in [5.41, 5.74) is -0.833. The van der Waals surface area contributed by atoms with Crippen LogP contribution < -0.4 is 0 Å². The summed E-state index contributed by atoms with van der Waals surface area (Å²) in [5, 5.41) is 11.6. The number of fused-ring (bicyclic) bond motifs is 5. The monoisotopic (exact) mass is 334 g/mol. The van der Waals surface area contributed by atoms with Crippen molar-refractivity contribution < 1.29 is 14.6 Å². The van der Waals surface area contributed by atoms with E-state index in [1.54, 1.807) is 0 Å². The van der Waals surface area contributed by atoms with Crippen molar-refractivity contribution in [2.24, 2.45) is 47.3 Å². The molecule has 3 heteroatoms. The van der Waals surface area contributed by atoms with Crippen molar-refractivity contribution in [1.29, 1.82) is 0 Å². The van der Waals surface area contributed by atoms with Crippen LogP contribution in [0, 0.1) is 47.3 Å². The third-order valence-electron chi connectivity index (χ3n) is 8.62. The zero-order chi connectivity index (χ0) is 17.1. The second kappa shape index (κ2) is 6.00. The van der Waals surface area contributed by atoms with Crippen LogP contribution in [-0.4, -0.2) is 23.3 Å².